The first-order chi connectivity index (χ1) is 14.5. The van der Waals surface area contributed by atoms with Crippen molar-refractivity contribution >= 4 is 60.2 Å². The van der Waals surface area contributed by atoms with Gasteiger partial charge in [0.1, 0.15) is 0 Å². The number of rotatable bonds is 2. The van der Waals surface area contributed by atoms with Crippen LogP contribution >= 0.6 is 31.4 Å². The molecular formula is C21H25ClIN4O4+. The molecule has 2 aromatic rings. The molecule has 0 aliphatic carbocycles. The van der Waals surface area contributed by atoms with Gasteiger partial charge >= 0.3 is 193 Å². The molecule has 2 heterocycles. The molecule has 1 atom stereocenters. The fraction of sp³-hybridized carbons (Fsp3) is 0.429. The van der Waals surface area contributed by atoms with Crippen molar-refractivity contribution in [3.8, 4) is 4.08 Å². The van der Waals surface area contributed by atoms with E-state index < -0.39 is 31.5 Å². The molecule has 1 aliphatic rings. The molecule has 8 nitrogen and oxygen atoms in total. The number of alkyl halides is 2. The summed E-state index contributed by atoms with van der Waals surface area (Å²) in [5.41, 5.74) is 0.580. The summed E-state index contributed by atoms with van der Waals surface area (Å²) in [6, 6.07) is 7.11. The van der Waals surface area contributed by atoms with Gasteiger partial charge in [-0.3, -0.25) is 0 Å². The van der Waals surface area contributed by atoms with Gasteiger partial charge in [-0.05, 0) is 0 Å². The second-order valence-electron chi connectivity index (χ2n) is 8.12. The Morgan fingerprint density at radius 2 is 2.06 bits per heavy atom. The van der Waals surface area contributed by atoms with Crippen molar-refractivity contribution in [3.63, 3.8) is 0 Å². The fourth-order valence-electron chi connectivity index (χ4n) is 2.98. The Bertz CT molecular complexity index is 1080. The summed E-state index contributed by atoms with van der Waals surface area (Å²) < 4.78 is 8.42. The monoisotopic (exact) mass is 559 g/mol. The number of halogens is 2. The van der Waals surface area contributed by atoms with E-state index in [0.29, 0.717) is 28.2 Å². The first-order valence-corrected chi connectivity index (χ1v) is 13.9. The quantitative estimate of drug-likeness (QED) is 0.313. The third kappa shape index (κ3) is 6.33. The van der Waals surface area contributed by atoms with Crippen LogP contribution in [0.5, 0.6) is 0 Å². The number of nitrogens with zero attached hydrogens (tertiary/aromatic N) is 2. The number of hydrogen-bond acceptors (Lipinski definition) is 4. The Hall–Kier alpha value is -2.32. The summed E-state index contributed by atoms with van der Waals surface area (Å²) in [6.45, 7) is 7.31. The molecule has 1 aromatic heterocycles. The number of nitrogens with one attached hydrogen (secondary N) is 2. The molecule has 31 heavy (non-hydrogen) atoms. The molecule has 1 fully saturated rings. The molecule has 0 spiro atoms. The van der Waals surface area contributed by atoms with Crippen LogP contribution in [-0.4, -0.2) is 48.5 Å². The molecular weight excluding hydrogens is 535 g/mol. The van der Waals surface area contributed by atoms with Crippen LogP contribution in [0.2, 0.25) is 5.02 Å². The Labute approximate surface area is 192 Å². The number of carbonyl (C=O) groups excluding carboxylic acids is 3. The molecule has 1 saturated heterocycles. The number of fused-ring (bicyclic) bond motifs is 1. The summed E-state index contributed by atoms with van der Waals surface area (Å²) >= 11 is 3.73. The minimum absolute atomic E-state index is 0.0429. The molecule has 1 aromatic carbocycles. The van der Waals surface area contributed by atoms with E-state index in [2.05, 4.69) is 19.2 Å². The van der Waals surface area contributed by atoms with Crippen molar-refractivity contribution in [2.45, 2.75) is 43.8 Å². The fourth-order valence-corrected chi connectivity index (χ4v) is 8.03. The number of benzene rings is 1. The van der Waals surface area contributed by atoms with Crippen LogP contribution in [0.15, 0.2) is 24.3 Å². The first-order valence-electron chi connectivity index (χ1n) is 9.70. The van der Waals surface area contributed by atoms with Crippen molar-refractivity contribution in [2.75, 3.05) is 11.1 Å². The van der Waals surface area contributed by atoms with Crippen molar-refractivity contribution in [1.82, 2.24) is 15.2 Å². The maximum absolute atomic E-state index is 12.9. The third-order valence-corrected chi connectivity index (χ3v) is 9.84. The van der Waals surface area contributed by atoms with Gasteiger partial charge in [0.05, 0.1) is 0 Å². The van der Waals surface area contributed by atoms with E-state index in [9.17, 15) is 14.4 Å². The predicted molar refractivity (Wildman–Crippen MR) is 129 cm³/mol. The minimum atomic E-state index is -2.29. The Kier molecular flexibility index (Phi) is 7.11. The summed E-state index contributed by atoms with van der Waals surface area (Å²) in [5.74, 6) is -0.298. The van der Waals surface area contributed by atoms with Gasteiger partial charge in [0.25, 0.3) is 0 Å². The second-order valence-corrected chi connectivity index (χ2v) is 13.5. The number of amides is 3. The van der Waals surface area contributed by atoms with E-state index in [1.54, 1.807) is 43.9 Å². The van der Waals surface area contributed by atoms with Gasteiger partial charge in [-0.15, -0.1) is 0 Å². The van der Waals surface area contributed by atoms with Crippen LogP contribution in [0.3, 0.4) is 0 Å². The van der Waals surface area contributed by atoms with E-state index in [1.165, 1.54) is 6.92 Å². The van der Waals surface area contributed by atoms with Gasteiger partial charge in [-0.1, -0.05) is 0 Å². The number of H-pyrrole nitrogens is 1. The van der Waals surface area contributed by atoms with Crippen LogP contribution in [0.4, 0.5) is 4.79 Å². The molecule has 166 valence electrons. The van der Waals surface area contributed by atoms with Gasteiger partial charge in [0.15, 0.2) is 0 Å². The van der Waals surface area contributed by atoms with E-state index in [4.69, 9.17) is 16.3 Å². The molecule has 0 radical (unpaired) electrons. The molecule has 0 unspecified atom stereocenters. The number of carbonyl (C=O) groups is 3. The summed E-state index contributed by atoms with van der Waals surface area (Å²) in [4.78, 5) is 45.4. The van der Waals surface area contributed by atoms with Crippen molar-refractivity contribution < 1.29 is 19.1 Å². The maximum atomic E-state index is 12.9. The van der Waals surface area contributed by atoms with Crippen LogP contribution < -0.4 is 5.32 Å². The van der Waals surface area contributed by atoms with Gasteiger partial charge in [0.2, 0.25) is 0 Å². The number of hydrogen-bond donors (Lipinski definition) is 2. The SMILES string of the molecule is CC(=O)N1CC[C@H](NC(=O)c2cc3cc(Cl)ccc3[nH]2)I(C#[N+]C(=O)OC(C)(C)C)C1. The van der Waals surface area contributed by atoms with E-state index in [0.717, 1.165) is 10.9 Å². The van der Waals surface area contributed by atoms with Crippen LogP contribution in [0.1, 0.15) is 44.6 Å². The van der Waals surface area contributed by atoms with Gasteiger partial charge in [-0.25, -0.2) is 0 Å². The molecule has 0 bridgehead atoms. The number of aromatic amines is 1. The van der Waals surface area contributed by atoms with Gasteiger partial charge < -0.3 is 0 Å². The van der Waals surface area contributed by atoms with E-state index >= 15 is 0 Å². The summed E-state index contributed by atoms with van der Waals surface area (Å²) in [5, 5.41) is 4.48. The van der Waals surface area contributed by atoms with Crippen molar-refractivity contribution in [1.29, 1.82) is 0 Å². The van der Waals surface area contributed by atoms with Crippen LogP contribution in [-0.2, 0) is 9.53 Å². The van der Waals surface area contributed by atoms with Crippen molar-refractivity contribution in [3.05, 3.63) is 39.8 Å². The number of aromatic nitrogens is 1. The molecule has 3 rings (SSSR count). The zero-order valence-electron chi connectivity index (χ0n) is 17.8. The molecule has 1 aliphatic heterocycles. The average Bonchev–Trinajstić information content (AvgIpc) is 3.09. The Morgan fingerprint density at radius 3 is 2.74 bits per heavy atom. The standard InChI is InChI=1S/C21H24ClIN4O4/c1-13(28)27-8-7-18(23(12-27)11-24-20(30)31-21(2,3)4)26-19(29)17-10-14-9-15(22)5-6-16(14)25-17/h5-6,9-10,18H,7-8,12H2,1-4H3,(H-,25,26,29)/p+1/t18-/m0/s1. The Morgan fingerprint density at radius 1 is 1.32 bits per heavy atom. The topological polar surface area (TPSA) is 95.9 Å². The van der Waals surface area contributed by atoms with E-state index in [-0.39, 0.29) is 15.9 Å². The molecule has 10 heteroatoms. The zero-order chi connectivity index (χ0) is 22.8. The van der Waals surface area contributed by atoms with Crippen LogP contribution in [0, 0.1) is 4.08 Å². The molecule has 2 N–H and O–H groups in total. The Balaban J connectivity index is 1.77. The number of ether oxygens (including phenoxy) is 1. The van der Waals surface area contributed by atoms with Gasteiger partial charge in [-0.2, -0.15) is 0 Å². The summed E-state index contributed by atoms with van der Waals surface area (Å²) in [7, 11) is 0. The second kappa shape index (κ2) is 9.44. The molecule has 3 amide bonds. The van der Waals surface area contributed by atoms with Gasteiger partial charge in [0, 0.05) is 0 Å². The van der Waals surface area contributed by atoms with Crippen LogP contribution in [0.25, 0.3) is 15.7 Å². The average molecular weight is 560 g/mol. The third-order valence-electron chi connectivity index (χ3n) is 4.44. The molecule has 0 saturated carbocycles. The van der Waals surface area contributed by atoms with Crippen molar-refractivity contribution in [2.24, 2.45) is 0 Å². The predicted octanol–water partition coefficient (Wildman–Crippen LogP) is 4.82. The normalized spacial score (nSPS) is 17.6. The summed E-state index contributed by atoms with van der Waals surface area (Å²) in [6.07, 6.45) is -0.138. The van der Waals surface area contributed by atoms with E-state index in [1.807, 2.05) is 6.07 Å². The first kappa shape index (κ1) is 23.3. The zero-order valence-corrected chi connectivity index (χ0v) is 20.7.